The summed E-state index contributed by atoms with van der Waals surface area (Å²) in [5.41, 5.74) is 5.75. The molecular weight excluding hydrogens is 180 g/mol. The van der Waals surface area contributed by atoms with Crippen molar-refractivity contribution in [3.05, 3.63) is 0 Å². The van der Waals surface area contributed by atoms with Gasteiger partial charge >= 0.3 is 0 Å². The maximum atomic E-state index is 9.53. The zero-order valence-corrected chi connectivity index (χ0v) is 8.65. The van der Waals surface area contributed by atoms with Gasteiger partial charge in [0.15, 0.2) is 11.8 Å². The predicted octanol–water partition coefficient (Wildman–Crippen LogP) is -0.313. The summed E-state index contributed by atoms with van der Waals surface area (Å²) in [7, 11) is 1.97. The SMILES string of the molecule is C=[N+](C)C1([C@@H]2CC[C@H](N)C(O)O2)CC1. The number of likely N-dealkylation sites (N-methyl/N-ethyl adjacent to an activating group) is 1. The molecule has 0 amide bonds. The smallest absolute Gasteiger partial charge is 0.187 e. The van der Waals surface area contributed by atoms with E-state index in [-0.39, 0.29) is 17.7 Å². The second-order valence-corrected chi connectivity index (χ2v) is 4.56. The van der Waals surface area contributed by atoms with Crippen LogP contribution < -0.4 is 5.73 Å². The van der Waals surface area contributed by atoms with E-state index in [2.05, 4.69) is 6.72 Å². The Morgan fingerprint density at radius 1 is 1.50 bits per heavy atom. The fraction of sp³-hybridized carbons (Fsp3) is 0.900. The summed E-state index contributed by atoms with van der Waals surface area (Å²) in [6.45, 7) is 3.93. The number of ether oxygens (including phenoxy) is 1. The molecule has 1 aliphatic carbocycles. The maximum absolute atomic E-state index is 9.53. The van der Waals surface area contributed by atoms with Crippen molar-refractivity contribution in [3.63, 3.8) is 0 Å². The Kier molecular flexibility index (Phi) is 2.37. The van der Waals surface area contributed by atoms with Crippen molar-refractivity contribution in [3.8, 4) is 0 Å². The Balaban J connectivity index is 2.03. The highest BCUT2D eigenvalue weighted by Gasteiger charge is 2.59. The molecule has 4 heteroatoms. The highest BCUT2D eigenvalue weighted by molar-refractivity contribution is 5.18. The molecule has 0 aromatic carbocycles. The lowest BCUT2D eigenvalue weighted by molar-refractivity contribution is -0.562. The van der Waals surface area contributed by atoms with Gasteiger partial charge in [-0.3, -0.25) is 0 Å². The molecule has 0 bridgehead atoms. The Bertz CT molecular complexity index is 251. The van der Waals surface area contributed by atoms with Crippen LogP contribution in [0, 0.1) is 0 Å². The van der Waals surface area contributed by atoms with Gasteiger partial charge < -0.3 is 15.6 Å². The standard InChI is InChI=1S/C10H19N2O2/c1-12(2)10(5-6-10)8-4-3-7(11)9(13)14-8/h7-9,13H,1,3-6,11H2,2H3/q+1/t7-,8-,9?/m0/s1. The van der Waals surface area contributed by atoms with E-state index in [1.807, 2.05) is 11.6 Å². The molecule has 0 radical (unpaired) electrons. The second kappa shape index (κ2) is 3.29. The Morgan fingerprint density at radius 2 is 2.14 bits per heavy atom. The quantitative estimate of drug-likeness (QED) is 0.473. The molecule has 1 saturated heterocycles. The van der Waals surface area contributed by atoms with Crippen molar-refractivity contribution < 1.29 is 14.4 Å². The van der Waals surface area contributed by atoms with Crippen LogP contribution in [0.5, 0.6) is 0 Å². The summed E-state index contributed by atoms with van der Waals surface area (Å²) < 4.78 is 7.51. The fourth-order valence-electron chi connectivity index (χ4n) is 2.30. The number of nitrogens with two attached hydrogens (primary N) is 1. The molecule has 0 aromatic rings. The van der Waals surface area contributed by atoms with Gasteiger partial charge in [-0.2, -0.15) is 0 Å². The van der Waals surface area contributed by atoms with Gasteiger partial charge in [-0.1, -0.05) is 0 Å². The first-order valence-corrected chi connectivity index (χ1v) is 5.20. The number of rotatable bonds is 2. The van der Waals surface area contributed by atoms with Crippen molar-refractivity contribution in [1.82, 2.24) is 0 Å². The summed E-state index contributed by atoms with van der Waals surface area (Å²) in [6, 6.07) is -0.225. The molecule has 0 spiro atoms. The minimum atomic E-state index is -0.800. The van der Waals surface area contributed by atoms with Gasteiger partial charge in [-0.15, -0.1) is 0 Å². The summed E-state index contributed by atoms with van der Waals surface area (Å²) >= 11 is 0. The Labute approximate surface area is 84.4 Å². The molecule has 3 N–H and O–H groups in total. The third-order valence-electron chi connectivity index (χ3n) is 3.55. The van der Waals surface area contributed by atoms with Crippen LogP contribution in [-0.4, -0.2) is 47.4 Å². The van der Waals surface area contributed by atoms with Crippen molar-refractivity contribution in [1.29, 1.82) is 0 Å². The van der Waals surface area contributed by atoms with Crippen molar-refractivity contribution in [2.45, 2.75) is 49.7 Å². The summed E-state index contributed by atoms with van der Waals surface area (Å²) in [4.78, 5) is 0. The number of nitrogens with zero attached hydrogens (tertiary/aromatic N) is 1. The molecule has 3 atom stereocenters. The molecule has 1 heterocycles. The molecule has 4 nitrogen and oxygen atoms in total. The molecule has 80 valence electrons. The van der Waals surface area contributed by atoms with Crippen LogP contribution in [0.2, 0.25) is 0 Å². The molecule has 2 fully saturated rings. The van der Waals surface area contributed by atoms with E-state index in [0.29, 0.717) is 0 Å². The first-order chi connectivity index (χ1) is 6.56. The molecule has 0 aromatic heterocycles. The first kappa shape index (κ1) is 10.1. The molecule has 1 unspecified atom stereocenters. The lowest BCUT2D eigenvalue weighted by Crippen LogP contribution is -2.50. The van der Waals surface area contributed by atoms with E-state index in [1.165, 1.54) is 0 Å². The monoisotopic (exact) mass is 199 g/mol. The zero-order valence-electron chi connectivity index (χ0n) is 8.65. The van der Waals surface area contributed by atoms with Gasteiger partial charge in [0.2, 0.25) is 0 Å². The number of hydrogen-bond donors (Lipinski definition) is 2. The Hall–Kier alpha value is -0.450. The van der Waals surface area contributed by atoms with Crippen LogP contribution in [0.25, 0.3) is 0 Å². The highest BCUT2D eigenvalue weighted by atomic mass is 16.6. The third-order valence-corrected chi connectivity index (χ3v) is 3.55. The van der Waals surface area contributed by atoms with Crippen LogP contribution in [0.1, 0.15) is 25.7 Å². The molecule has 2 rings (SSSR count). The topological polar surface area (TPSA) is 58.5 Å². The number of aliphatic hydroxyl groups is 1. The van der Waals surface area contributed by atoms with Gasteiger partial charge in [0.25, 0.3) is 0 Å². The summed E-state index contributed by atoms with van der Waals surface area (Å²) in [6.07, 6.45) is 3.28. The molecule has 1 saturated carbocycles. The minimum Gasteiger partial charge on any atom is -0.367 e. The maximum Gasteiger partial charge on any atom is 0.187 e. The number of aliphatic hydroxyl groups excluding tert-OH is 1. The first-order valence-electron chi connectivity index (χ1n) is 5.20. The normalized spacial score (nSPS) is 40.6. The minimum absolute atomic E-state index is 0.0706. The van der Waals surface area contributed by atoms with E-state index in [0.717, 1.165) is 25.7 Å². The van der Waals surface area contributed by atoms with E-state index >= 15 is 0 Å². The van der Waals surface area contributed by atoms with Crippen molar-refractivity contribution in [2.24, 2.45) is 5.73 Å². The predicted molar refractivity (Wildman–Crippen MR) is 53.4 cm³/mol. The molecule has 14 heavy (non-hydrogen) atoms. The molecular formula is C10H19N2O2+. The molecule has 2 aliphatic rings. The van der Waals surface area contributed by atoms with Gasteiger partial charge in [0, 0.05) is 12.8 Å². The largest absolute Gasteiger partial charge is 0.367 e. The average Bonchev–Trinajstić information content (AvgIpc) is 2.90. The van der Waals surface area contributed by atoms with Crippen LogP contribution in [0.3, 0.4) is 0 Å². The van der Waals surface area contributed by atoms with E-state index in [4.69, 9.17) is 10.5 Å². The zero-order chi connectivity index (χ0) is 10.3. The fourth-order valence-corrected chi connectivity index (χ4v) is 2.30. The van der Waals surface area contributed by atoms with Crippen LogP contribution in [0.15, 0.2) is 0 Å². The van der Waals surface area contributed by atoms with Crippen LogP contribution in [0.4, 0.5) is 0 Å². The molecule has 1 aliphatic heterocycles. The summed E-state index contributed by atoms with van der Waals surface area (Å²) in [5, 5.41) is 9.53. The average molecular weight is 199 g/mol. The van der Waals surface area contributed by atoms with Crippen molar-refractivity contribution in [2.75, 3.05) is 7.05 Å². The van der Waals surface area contributed by atoms with E-state index < -0.39 is 6.29 Å². The highest BCUT2D eigenvalue weighted by Crippen LogP contribution is 2.45. The van der Waals surface area contributed by atoms with Gasteiger partial charge in [-0.25, -0.2) is 4.58 Å². The third kappa shape index (κ3) is 1.47. The number of hydrogen-bond acceptors (Lipinski definition) is 3. The second-order valence-electron chi connectivity index (χ2n) is 4.56. The van der Waals surface area contributed by atoms with E-state index in [1.54, 1.807) is 0 Å². The van der Waals surface area contributed by atoms with E-state index in [9.17, 15) is 5.11 Å². The van der Waals surface area contributed by atoms with Crippen LogP contribution >= 0.6 is 0 Å². The van der Waals surface area contributed by atoms with Gasteiger partial charge in [0.1, 0.15) is 19.9 Å². The van der Waals surface area contributed by atoms with Crippen LogP contribution in [-0.2, 0) is 4.74 Å². The van der Waals surface area contributed by atoms with Gasteiger partial charge in [-0.05, 0) is 12.8 Å². The van der Waals surface area contributed by atoms with Gasteiger partial charge in [0.05, 0.1) is 6.04 Å². The lowest BCUT2D eigenvalue weighted by Gasteiger charge is -2.33. The Morgan fingerprint density at radius 3 is 2.57 bits per heavy atom. The van der Waals surface area contributed by atoms with Crippen molar-refractivity contribution >= 4 is 6.72 Å². The lowest BCUT2D eigenvalue weighted by atomic mass is 9.97. The summed E-state index contributed by atoms with van der Waals surface area (Å²) in [5.74, 6) is 0.